The van der Waals surface area contributed by atoms with Crippen LogP contribution >= 0.6 is 11.8 Å². The van der Waals surface area contributed by atoms with Crippen LogP contribution in [-0.2, 0) is 0 Å². The largest absolute Gasteiger partial charge is 0.439 e. The maximum atomic E-state index is 13.3. The van der Waals surface area contributed by atoms with Gasteiger partial charge in [0.1, 0.15) is 11.3 Å². The predicted octanol–water partition coefficient (Wildman–Crippen LogP) is 1.35. The molecule has 0 unspecified atom stereocenters. The summed E-state index contributed by atoms with van der Waals surface area (Å²) in [7, 11) is 0. The van der Waals surface area contributed by atoms with Gasteiger partial charge in [-0.15, -0.1) is 0 Å². The van der Waals surface area contributed by atoms with Gasteiger partial charge in [-0.25, -0.2) is 25.2 Å². The minimum atomic E-state index is -0.556. The molecule has 0 bridgehead atoms. The highest BCUT2D eigenvalue weighted by Crippen LogP contribution is 2.27. The number of nitrogen functional groups attached to an aromatic ring is 1. The van der Waals surface area contributed by atoms with Gasteiger partial charge in [-0.3, -0.25) is 5.43 Å². The van der Waals surface area contributed by atoms with E-state index in [9.17, 15) is 4.39 Å². The van der Waals surface area contributed by atoms with Crippen LogP contribution in [0.1, 0.15) is 5.69 Å². The Bertz CT molecular complexity index is 503. The second-order valence-corrected chi connectivity index (χ2v) is 3.79. The van der Waals surface area contributed by atoms with E-state index in [-0.39, 0.29) is 11.0 Å². The summed E-state index contributed by atoms with van der Waals surface area (Å²) >= 11 is 0.965. The summed E-state index contributed by atoms with van der Waals surface area (Å²) in [6, 6.07) is 0. The molecule has 16 heavy (non-hydrogen) atoms. The number of aromatic nitrogens is 3. The SMILES string of the molecule is Cc1coc(Sc2nc(NN)ncc2F)n1. The summed E-state index contributed by atoms with van der Waals surface area (Å²) in [6.07, 6.45) is 2.50. The van der Waals surface area contributed by atoms with Gasteiger partial charge < -0.3 is 4.42 Å². The van der Waals surface area contributed by atoms with Crippen LogP contribution in [0, 0.1) is 12.7 Å². The Morgan fingerprint density at radius 3 is 2.94 bits per heavy atom. The van der Waals surface area contributed by atoms with Gasteiger partial charge in [-0.05, 0) is 18.7 Å². The first-order valence-corrected chi connectivity index (χ1v) is 5.10. The molecule has 2 rings (SSSR count). The van der Waals surface area contributed by atoms with E-state index < -0.39 is 5.82 Å². The molecule has 0 atom stereocenters. The number of hydrogen-bond acceptors (Lipinski definition) is 7. The van der Waals surface area contributed by atoms with Gasteiger partial charge in [0.25, 0.3) is 5.22 Å². The van der Waals surface area contributed by atoms with E-state index in [1.54, 1.807) is 6.92 Å². The van der Waals surface area contributed by atoms with E-state index in [4.69, 9.17) is 10.3 Å². The Morgan fingerprint density at radius 1 is 1.50 bits per heavy atom. The molecule has 2 aromatic rings. The highest BCUT2D eigenvalue weighted by atomic mass is 32.2. The lowest BCUT2D eigenvalue weighted by atomic mass is 10.6. The van der Waals surface area contributed by atoms with E-state index in [0.29, 0.717) is 10.9 Å². The summed E-state index contributed by atoms with van der Waals surface area (Å²) in [5.74, 6) is 4.70. The smallest absolute Gasteiger partial charge is 0.262 e. The van der Waals surface area contributed by atoms with Gasteiger partial charge in [0.15, 0.2) is 5.82 Å². The van der Waals surface area contributed by atoms with Crippen LogP contribution in [0.15, 0.2) is 27.1 Å². The van der Waals surface area contributed by atoms with Gasteiger partial charge in [0.05, 0.1) is 11.9 Å². The summed E-state index contributed by atoms with van der Waals surface area (Å²) in [6.45, 7) is 1.77. The van der Waals surface area contributed by atoms with Crippen molar-refractivity contribution in [3.63, 3.8) is 0 Å². The summed E-state index contributed by atoms with van der Waals surface area (Å²) < 4.78 is 18.4. The zero-order valence-electron chi connectivity index (χ0n) is 8.27. The molecule has 8 heteroatoms. The summed E-state index contributed by atoms with van der Waals surface area (Å²) in [5, 5.41) is 0.419. The van der Waals surface area contributed by atoms with E-state index >= 15 is 0 Å². The van der Waals surface area contributed by atoms with Gasteiger partial charge in [-0.2, -0.15) is 0 Å². The lowest BCUT2D eigenvalue weighted by molar-refractivity contribution is 0.452. The number of aryl methyl sites for hydroxylation is 1. The highest BCUT2D eigenvalue weighted by Gasteiger charge is 2.11. The number of nitrogens with one attached hydrogen (secondary N) is 1. The van der Waals surface area contributed by atoms with Crippen LogP contribution in [0.3, 0.4) is 0 Å². The molecule has 3 N–H and O–H groups in total. The zero-order chi connectivity index (χ0) is 11.5. The molecule has 0 aromatic carbocycles. The van der Waals surface area contributed by atoms with Crippen molar-refractivity contribution in [1.82, 2.24) is 15.0 Å². The minimum Gasteiger partial charge on any atom is -0.439 e. The van der Waals surface area contributed by atoms with Gasteiger partial charge in [0, 0.05) is 0 Å². The third-order valence-corrected chi connectivity index (χ3v) is 2.46. The molecule has 0 fully saturated rings. The molecular weight excluding hydrogens is 233 g/mol. The fraction of sp³-hybridized carbons (Fsp3) is 0.125. The average molecular weight is 241 g/mol. The lowest BCUT2D eigenvalue weighted by Crippen LogP contribution is -2.11. The summed E-state index contributed by atoms with van der Waals surface area (Å²) in [4.78, 5) is 11.5. The van der Waals surface area contributed by atoms with E-state index in [2.05, 4.69) is 20.4 Å². The van der Waals surface area contributed by atoms with Crippen LogP contribution in [0.2, 0.25) is 0 Å². The zero-order valence-corrected chi connectivity index (χ0v) is 9.08. The topological polar surface area (TPSA) is 89.9 Å². The molecule has 0 aliphatic heterocycles. The van der Waals surface area contributed by atoms with Crippen molar-refractivity contribution in [3.05, 3.63) is 24.0 Å². The standard InChI is InChI=1S/C8H8FN5OS/c1-4-3-15-8(12-4)16-6-5(9)2-11-7(13-6)14-10/h2-3H,10H2,1H3,(H,11,13,14). The fourth-order valence-electron chi connectivity index (χ4n) is 0.955. The van der Waals surface area contributed by atoms with Crippen LogP contribution in [-0.4, -0.2) is 15.0 Å². The number of hydrazine groups is 1. The second kappa shape index (κ2) is 4.45. The van der Waals surface area contributed by atoms with Gasteiger partial charge in [-0.1, -0.05) is 0 Å². The van der Waals surface area contributed by atoms with Crippen molar-refractivity contribution < 1.29 is 8.81 Å². The third-order valence-electron chi connectivity index (χ3n) is 1.62. The number of anilines is 1. The number of nitrogens with two attached hydrogens (primary N) is 1. The van der Waals surface area contributed by atoms with Crippen LogP contribution in [0.5, 0.6) is 0 Å². The number of oxazole rings is 1. The molecule has 2 heterocycles. The van der Waals surface area contributed by atoms with Crippen molar-refractivity contribution in [1.29, 1.82) is 0 Å². The average Bonchev–Trinajstić information content (AvgIpc) is 2.67. The van der Waals surface area contributed by atoms with Crippen LogP contribution in [0.25, 0.3) is 0 Å². The van der Waals surface area contributed by atoms with E-state index in [1.165, 1.54) is 6.26 Å². The van der Waals surface area contributed by atoms with Crippen molar-refractivity contribution in [2.24, 2.45) is 5.84 Å². The fourth-order valence-corrected chi connectivity index (χ4v) is 1.69. The molecule has 6 nitrogen and oxygen atoms in total. The van der Waals surface area contributed by atoms with Crippen LogP contribution in [0.4, 0.5) is 10.3 Å². The van der Waals surface area contributed by atoms with Crippen molar-refractivity contribution in [2.45, 2.75) is 17.2 Å². The quantitative estimate of drug-likeness (QED) is 0.476. The van der Waals surface area contributed by atoms with Crippen molar-refractivity contribution in [3.8, 4) is 0 Å². The predicted molar refractivity (Wildman–Crippen MR) is 55.2 cm³/mol. The second-order valence-electron chi connectivity index (χ2n) is 2.85. The van der Waals surface area contributed by atoms with E-state index in [0.717, 1.165) is 18.0 Å². The maximum Gasteiger partial charge on any atom is 0.262 e. The molecule has 84 valence electrons. The Morgan fingerprint density at radius 2 is 2.31 bits per heavy atom. The Balaban J connectivity index is 2.26. The number of nitrogens with zero attached hydrogens (tertiary/aromatic N) is 3. The molecule has 0 aliphatic carbocycles. The number of hydrogen-bond donors (Lipinski definition) is 2. The number of rotatable bonds is 3. The first kappa shape index (κ1) is 10.8. The van der Waals surface area contributed by atoms with Gasteiger partial charge in [0.2, 0.25) is 5.95 Å². The first-order chi connectivity index (χ1) is 7.69. The number of halogens is 1. The minimum absolute atomic E-state index is 0.102. The molecule has 0 aliphatic rings. The Kier molecular flexibility index (Phi) is 3.02. The summed E-state index contributed by atoms with van der Waals surface area (Å²) in [5.41, 5.74) is 2.95. The Labute approximate surface area is 94.5 Å². The monoisotopic (exact) mass is 241 g/mol. The van der Waals surface area contributed by atoms with Crippen LogP contribution < -0.4 is 11.3 Å². The normalized spacial score (nSPS) is 10.4. The van der Waals surface area contributed by atoms with E-state index in [1.807, 2.05) is 0 Å². The maximum absolute atomic E-state index is 13.3. The molecule has 2 aromatic heterocycles. The molecule has 0 spiro atoms. The van der Waals surface area contributed by atoms with Crippen molar-refractivity contribution in [2.75, 3.05) is 5.43 Å². The van der Waals surface area contributed by atoms with Gasteiger partial charge >= 0.3 is 0 Å². The Hall–Kier alpha value is -1.67. The molecule has 0 saturated carbocycles. The molecule has 0 saturated heterocycles. The first-order valence-electron chi connectivity index (χ1n) is 4.28. The van der Waals surface area contributed by atoms with Crippen molar-refractivity contribution >= 4 is 17.7 Å². The third kappa shape index (κ3) is 2.28. The molecule has 0 radical (unpaired) electrons. The molecule has 0 amide bonds. The highest BCUT2D eigenvalue weighted by molar-refractivity contribution is 7.99. The molecular formula is C8H8FN5OS. The lowest BCUT2D eigenvalue weighted by Gasteiger charge is -2.01.